The molecule has 116 valence electrons. The summed E-state index contributed by atoms with van der Waals surface area (Å²) in [6.45, 7) is 5.23. The van der Waals surface area contributed by atoms with Gasteiger partial charge in [0.1, 0.15) is 11.3 Å². The van der Waals surface area contributed by atoms with Gasteiger partial charge >= 0.3 is 5.97 Å². The minimum Gasteiger partial charge on any atom is -0.505 e. The molecule has 2 rings (SSSR count). The number of aryl methyl sites for hydroxylation is 1. The smallest absolute Gasteiger partial charge is 0.339 e. The predicted octanol–water partition coefficient (Wildman–Crippen LogP) is 3.26. The summed E-state index contributed by atoms with van der Waals surface area (Å²) in [5.74, 6) is -0.753. The normalized spacial score (nSPS) is 12.0. The number of aromatic hydroxyl groups is 1. The minimum atomic E-state index is -1.15. The zero-order chi connectivity index (χ0) is 16.4. The van der Waals surface area contributed by atoms with Gasteiger partial charge in [-0.3, -0.25) is 4.98 Å². The lowest BCUT2D eigenvalue weighted by Crippen LogP contribution is -2.10. The van der Waals surface area contributed by atoms with Crippen LogP contribution in [0.15, 0.2) is 24.3 Å². The van der Waals surface area contributed by atoms with Crippen molar-refractivity contribution in [1.29, 1.82) is 0 Å². The third kappa shape index (κ3) is 2.74. The summed E-state index contributed by atoms with van der Waals surface area (Å²) in [7, 11) is 1.60. The Balaban J connectivity index is 2.53. The molecule has 0 fully saturated rings. The van der Waals surface area contributed by atoms with Crippen LogP contribution < -0.4 is 4.74 Å². The molecule has 0 saturated heterocycles. The molecular formula is C17H19NO4. The van der Waals surface area contributed by atoms with Crippen LogP contribution in [0.3, 0.4) is 0 Å². The number of pyridine rings is 1. The topological polar surface area (TPSA) is 79.7 Å². The second kappa shape index (κ2) is 6.05. The summed E-state index contributed by atoms with van der Waals surface area (Å²) in [5, 5.41) is 19.2. The molecule has 1 heterocycles. The van der Waals surface area contributed by atoms with E-state index in [-0.39, 0.29) is 17.2 Å². The van der Waals surface area contributed by atoms with E-state index >= 15 is 0 Å². The molecule has 0 saturated carbocycles. The maximum atomic E-state index is 11.4. The number of rotatable bonds is 4. The largest absolute Gasteiger partial charge is 0.505 e. The molecule has 1 aromatic carbocycles. The van der Waals surface area contributed by atoms with Crippen molar-refractivity contribution in [3.63, 3.8) is 0 Å². The Morgan fingerprint density at radius 1 is 1.23 bits per heavy atom. The Labute approximate surface area is 129 Å². The van der Waals surface area contributed by atoms with E-state index in [4.69, 9.17) is 4.74 Å². The first-order chi connectivity index (χ1) is 10.4. The molecule has 0 aliphatic carbocycles. The van der Waals surface area contributed by atoms with Gasteiger partial charge in [-0.15, -0.1) is 0 Å². The third-order valence-corrected chi connectivity index (χ3v) is 3.87. The molecular weight excluding hydrogens is 282 g/mol. The Hall–Kier alpha value is -2.56. The first-order valence-corrected chi connectivity index (χ1v) is 6.94. The van der Waals surface area contributed by atoms with E-state index in [9.17, 15) is 15.0 Å². The van der Waals surface area contributed by atoms with Gasteiger partial charge in [0, 0.05) is 5.92 Å². The number of aromatic carboxylic acids is 1. The number of carbonyl (C=O) groups is 1. The van der Waals surface area contributed by atoms with Gasteiger partial charge in [0.05, 0.1) is 18.5 Å². The van der Waals surface area contributed by atoms with E-state index in [1.54, 1.807) is 21.0 Å². The molecule has 1 atom stereocenters. The highest BCUT2D eigenvalue weighted by Crippen LogP contribution is 2.33. The first kappa shape index (κ1) is 15.8. The quantitative estimate of drug-likeness (QED) is 0.906. The van der Waals surface area contributed by atoms with Crippen LogP contribution in [0.25, 0.3) is 0 Å². The Bertz CT molecular complexity index is 708. The fourth-order valence-corrected chi connectivity index (χ4v) is 2.54. The second-order valence-electron chi connectivity index (χ2n) is 5.23. The number of ether oxygens (including phenoxy) is 1. The van der Waals surface area contributed by atoms with Crippen LogP contribution in [0.5, 0.6) is 11.5 Å². The van der Waals surface area contributed by atoms with E-state index in [1.807, 2.05) is 31.2 Å². The molecule has 0 amide bonds. The van der Waals surface area contributed by atoms with Crippen molar-refractivity contribution in [2.75, 3.05) is 7.11 Å². The summed E-state index contributed by atoms with van der Waals surface area (Å²) < 4.78 is 5.14. The molecule has 2 aromatic rings. The molecule has 0 aliphatic rings. The van der Waals surface area contributed by atoms with Crippen LogP contribution in [0.1, 0.15) is 45.7 Å². The minimum absolute atomic E-state index is 0.0807. The van der Waals surface area contributed by atoms with E-state index < -0.39 is 5.97 Å². The van der Waals surface area contributed by atoms with E-state index in [0.29, 0.717) is 17.0 Å². The molecule has 0 bridgehead atoms. The number of hydrogen-bond donors (Lipinski definition) is 2. The summed E-state index contributed by atoms with van der Waals surface area (Å²) in [4.78, 5) is 15.8. The lowest BCUT2D eigenvalue weighted by molar-refractivity contribution is 0.0692. The third-order valence-electron chi connectivity index (χ3n) is 3.87. The van der Waals surface area contributed by atoms with Crippen LogP contribution in [0.4, 0.5) is 0 Å². The van der Waals surface area contributed by atoms with Crippen LogP contribution in [0.2, 0.25) is 0 Å². The monoisotopic (exact) mass is 301 g/mol. The van der Waals surface area contributed by atoms with Gasteiger partial charge in [0.25, 0.3) is 0 Å². The lowest BCUT2D eigenvalue weighted by Gasteiger charge is -2.18. The summed E-state index contributed by atoms with van der Waals surface area (Å²) >= 11 is 0. The van der Waals surface area contributed by atoms with Gasteiger partial charge in [0.15, 0.2) is 5.75 Å². The molecule has 0 spiro atoms. The maximum Gasteiger partial charge on any atom is 0.339 e. The maximum absolute atomic E-state index is 11.4. The van der Waals surface area contributed by atoms with Crippen LogP contribution in [0, 0.1) is 13.8 Å². The van der Waals surface area contributed by atoms with E-state index in [2.05, 4.69) is 4.98 Å². The Morgan fingerprint density at radius 3 is 2.32 bits per heavy atom. The Morgan fingerprint density at radius 2 is 1.82 bits per heavy atom. The van der Waals surface area contributed by atoms with Crippen molar-refractivity contribution in [2.45, 2.75) is 26.7 Å². The summed E-state index contributed by atoms with van der Waals surface area (Å²) in [6.07, 6.45) is 0. The van der Waals surface area contributed by atoms with Gasteiger partial charge in [-0.2, -0.15) is 0 Å². The molecule has 0 aliphatic heterocycles. The summed E-state index contributed by atoms with van der Waals surface area (Å²) in [5.41, 5.74) is 2.37. The number of hydrogen-bond acceptors (Lipinski definition) is 4. The second-order valence-corrected chi connectivity index (χ2v) is 5.23. The molecule has 2 N–H and O–H groups in total. The number of methoxy groups -OCH3 is 1. The van der Waals surface area contributed by atoms with Crippen molar-refractivity contribution in [2.24, 2.45) is 0 Å². The number of carboxylic acid groups (broad SMARTS) is 1. The Kier molecular flexibility index (Phi) is 4.35. The van der Waals surface area contributed by atoms with Crippen molar-refractivity contribution in [3.05, 3.63) is 52.3 Å². The van der Waals surface area contributed by atoms with Gasteiger partial charge in [-0.1, -0.05) is 19.1 Å². The SMILES string of the molecule is COc1ccc(C(C)c2nc(C)c(O)c(C(=O)O)c2C)cc1. The fourth-order valence-electron chi connectivity index (χ4n) is 2.54. The van der Waals surface area contributed by atoms with Gasteiger partial charge in [-0.05, 0) is 37.1 Å². The van der Waals surface area contributed by atoms with Crippen molar-refractivity contribution >= 4 is 5.97 Å². The predicted molar refractivity (Wildman–Crippen MR) is 82.8 cm³/mol. The first-order valence-electron chi connectivity index (χ1n) is 6.94. The summed E-state index contributed by atoms with van der Waals surface area (Å²) in [6, 6.07) is 7.56. The van der Waals surface area contributed by atoms with E-state index in [0.717, 1.165) is 11.3 Å². The zero-order valence-electron chi connectivity index (χ0n) is 13.0. The number of carboxylic acids is 1. The number of aromatic nitrogens is 1. The highest BCUT2D eigenvalue weighted by atomic mass is 16.5. The standard InChI is InChI=1S/C17H19NO4/c1-9(12-5-7-13(22-4)8-6-12)15-10(2)14(17(20)21)16(19)11(3)18-15/h5-9,19H,1-4H3,(H,20,21). The van der Waals surface area contributed by atoms with Crippen molar-refractivity contribution in [1.82, 2.24) is 4.98 Å². The fraction of sp³-hybridized carbons (Fsp3) is 0.294. The van der Waals surface area contributed by atoms with Gasteiger partial charge < -0.3 is 14.9 Å². The highest BCUT2D eigenvalue weighted by molar-refractivity contribution is 5.93. The average molecular weight is 301 g/mol. The van der Waals surface area contributed by atoms with Gasteiger partial charge in [0.2, 0.25) is 0 Å². The molecule has 5 nitrogen and oxygen atoms in total. The van der Waals surface area contributed by atoms with Crippen molar-refractivity contribution in [3.8, 4) is 11.5 Å². The lowest BCUT2D eigenvalue weighted by atomic mass is 9.91. The average Bonchev–Trinajstić information content (AvgIpc) is 2.50. The van der Waals surface area contributed by atoms with E-state index in [1.165, 1.54) is 0 Å². The molecule has 0 radical (unpaired) electrons. The molecule has 22 heavy (non-hydrogen) atoms. The number of benzene rings is 1. The highest BCUT2D eigenvalue weighted by Gasteiger charge is 2.23. The van der Waals surface area contributed by atoms with Crippen LogP contribution in [-0.2, 0) is 0 Å². The zero-order valence-corrected chi connectivity index (χ0v) is 13.0. The van der Waals surface area contributed by atoms with Crippen LogP contribution >= 0.6 is 0 Å². The molecule has 5 heteroatoms. The number of nitrogens with zero attached hydrogens (tertiary/aromatic N) is 1. The van der Waals surface area contributed by atoms with Gasteiger partial charge in [-0.25, -0.2) is 4.79 Å². The van der Waals surface area contributed by atoms with Crippen LogP contribution in [-0.4, -0.2) is 28.3 Å². The van der Waals surface area contributed by atoms with Crippen molar-refractivity contribution < 1.29 is 19.7 Å². The molecule has 1 unspecified atom stereocenters. The molecule has 1 aromatic heterocycles.